The highest BCUT2D eigenvalue weighted by atomic mass is 16.2. The van der Waals surface area contributed by atoms with Crippen molar-refractivity contribution in [2.45, 2.75) is 25.8 Å². The number of aryl methyl sites for hydroxylation is 1. The predicted octanol–water partition coefficient (Wildman–Crippen LogP) is 1.49. The second-order valence-corrected chi connectivity index (χ2v) is 4.69. The number of H-pyrrole nitrogens is 1. The molecule has 1 aliphatic heterocycles. The Balaban J connectivity index is 1.86. The van der Waals surface area contributed by atoms with Crippen LogP contribution in [0, 0.1) is 6.92 Å². The van der Waals surface area contributed by atoms with Crippen molar-refractivity contribution in [2.24, 2.45) is 0 Å². The summed E-state index contributed by atoms with van der Waals surface area (Å²) < 4.78 is 0. The van der Waals surface area contributed by atoms with E-state index in [1.165, 1.54) is 0 Å². The van der Waals surface area contributed by atoms with E-state index in [2.05, 4.69) is 20.2 Å². The van der Waals surface area contributed by atoms with E-state index in [1.54, 1.807) is 13.1 Å². The summed E-state index contributed by atoms with van der Waals surface area (Å²) in [7, 11) is 0. The molecule has 2 aromatic rings. The zero-order valence-electron chi connectivity index (χ0n) is 10.7. The third kappa shape index (κ3) is 2.21. The molecular weight excluding hydrogens is 242 g/mol. The Hall–Kier alpha value is -2.24. The minimum Gasteiger partial charge on any atom is -0.329 e. The molecule has 3 rings (SSSR count). The number of amides is 1. The molecule has 0 radical (unpaired) electrons. The third-order valence-electron chi connectivity index (χ3n) is 3.37. The average Bonchev–Trinajstić information content (AvgIpc) is 3.07. The molecule has 2 aromatic heterocycles. The molecule has 6 heteroatoms. The first kappa shape index (κ1) is 11.8. The Morgan fingerprint density at radius 1 is 1.53 bits per heavy atom. The fourth-order valence-electron chi connectivity index (χ4n) is 2.50. The molecule has 98 valence electrons. The number of likely N-dealkylation sites (tertiary alicyclic amines) is 1. The Kier molecular flexibility index (Phi) is 2.98. The van der Waals surface area contributed by atoms with Gasteiger partial charge in [0.25, 0.3) is 5.91 Å². The van der Waals surface area contributed by atoms with E-state index < -0.39 is 0 Å². The maximum absolute atomic E-state index is 12.4. The van der Waals surface area contributed by atoms with E-state index >= 15 is 0 Å². The van der Waals surface area contributed by atoms with Crippen LogP contribution >= 0.6 is 0 Å². The molecule has 1 fully saturated rings. The van der Waals surface area contributed by atoms with Crippen molar-refractivity contribution in [2.75, 3.05) is 6.54 Å². The van der Waals surface area contributed by atoms with Crippen LogP contribution in [-0.4, -0.2) is 37.5 Å². The fraction of sp³-hybridized carbons (Fsp3) is 0.385. The van der Waals surface area contributed by atoms with Gasteiger partial charge in [-0.2, -0.15) is 0 Å². The molecule has 1 N–H and O–H groups in total. The highest BCUT2D eigenvalue weighted by molar-refractivity contribution is 5.90. The van der Waals surface area contributed by atoms with E-state index in [-0.39, 0.29) is 17.8 Å². The number of aromatic amines is 1. The Morgan fingerprint density at radius 3 is 3.11 bits per heavy atom. The lowest BCUT2D eigenvalue weighted by atomic mass is 10.1. The van der Waals surface area contributed by atoms with Crippen LogP contribution in [0.25, 0.3) is 0 Å². The van der Waals surface area contributed by atoms with Crippen molar-refractivity contribution in [3.63, 3.8) is 0 Å². The number of nitrogens with one attached hydrogen (secondary N) is 1. The van der Waals surface area contributed by atoms with Gasteiger partial charge in [0.2, 0.25) is 5.82 Å². The van der Waals surface area contributed by atoms with Crippen molar-refractivity contribution in [1.29, 1.82) is 0 Å². The number of nitrogens with zero attached hydrogens (tertiary/aromatic N) is 4. The molecule has 0 aromatic carbocycles. The lowest BCUT2D eigenvalue weighted by Gasteiger charge is -2.23. The largest absolute Gasteiger partial charge is 0.329 e. The smallest absolute Gasteiger partial charge is 0.294 e. The van der Waals surface area contributed by atoms with Crippen LogP contribution in [0.15, 0.2) is 24.5 Å². The molecular formula is C13H15N5O. The first-order valence-electron chi connectivity index (χ1n) is 6.35. The molecule has 6 nitrogen and oxygen atoms in total. The SMILES string of the molecule is Cc1nc(C(=O)N2CCCC2c2cccnc2)n[nH]1. The number of pyridine rings is 1. The van der Waals surface area contributed by atoms with E-state index in [1.807, 2.05) is 23.2 Å². The van der Waals surface area contributed by atoms with Gasteiger partial charge in [-0.3, -0.25) is 14.9 Å². The normalized spacial score (nSPS) is 18.8. The van der Waals surface area contributed by atoms with Crippen LogP contribution in [0.3, 0.4) is 0 Å². The standard InChI is InChI=1S/C13H15N5O/c1-9-15-12(17-16-9)13(19)18-7-3-5-11(18)10-4-2-6-14-8-10/h2,4,6,8,11H,3,5,7H2,1H3,(H,15,16,17). The van der Waals surface area contributed by atoms with Crippen LogP contribution in [0.4, 0.5) is 0 Å². The van der Waals surface area contributed by atoms with Gasteiger partial charge in [0.1, 0.15) is 5.82 Å². The summed E-state index contributed by atoms with van der Waals surface area (Å²) in [5.74, 6) is 0.782. The molecule has 1 aliphatic rings. The van der Waals surface area contributed by atoms with Gasteiger partial charge in [-0.25, -0.2) is 4.98 Å². The Morgan fingerprint density at radius 2 is 2.42 bits per heavy atom. The molecule has 3 heterocycles. The second kappa shape index (κ2) is 4.79. The van der Waals surface area contributed by atoms with E-state index in [4.69, 9.17) is 0 Å². The van der Waals surface area contributed by atoms with Gasteiger partial charge < -0.3 is 4.90 Å². The minimum atomic E-state index is -0.115. The lowest BCUT2D eigenvalue weighted by molar-refractivity contribution is 0.0723. The van der Waals surface area contributed by atoms with Crippen LogP contribution in [-0.2, 0) is 0 Å². The van der Waals surface area contributed by atoms with Crippen molar-refractivity contribution < 1.29 is 4.79 Å². The van der Waals surface area contributed by atoms with E-state index in [0.717, 1.165) is 24.9 Å². The molecule has 1 atom stereocenters. The quantitative estimate of drug-likeness (QED) is 0.884. The number of carbonyl (C=O) groups excluding carboxylic acids is 1. The maximum Gasteiger partial charge on any atom is 0.294 e. The summed E-state index contributed by atoms with van der Waals surface area (Å²) in [6.45, 7) is 2.53. The van der Waals surface area contributed by atoms with Crippen LogP contribution in [0.5, 0.6) is 0 Å². The van der Waals surface area contributed by atoms with E-state index in [9.17, 15) is 4.79 Å². The van der Waals surface area contributed by atoms with Gasteiger partial charge in [-0.1, -0.05) is 6.07 Å². The summed E-state index contributed by atoms with van der Waals surface area (Å²) in [6.07, 6.45) is 5.51. The lowest BCUT2D eigenvalue weighted by Crippen LogP contribution is -2.31. The highest BCUT2D eigenvalue weighted by Crippen LogP contribution is 2.32. The molecule has 1 saturated heterocycles. The third-order valence-corrected chi connectivity index (χ3v) is 3.37. The summed E-state index contributed by atoms with van der Waals surface area (Å²) in [4.78, 5) is 22.5. The summed E-state index contributed by atoms with van der Waals surface area (Å²) in [5, 5.41) is 6.65. The highest BCUT2D eigenvalue weighted by Gasteiger charge is 2.32. The first-order chi connectivity index (χ1) is 9.25. The molecule has 1 unspecified atom stereocenters. The first-order valence-corrected chi connectivity index (χ1v) is 6.35. The maximum atomic E-state index is 12.4. The topological polar surface area (TPSA) is 74.8 Å². The minimum absolute atomic E-state index is 0.0833. The van der Waals surface area contributed by atoms with Crippen molar-refractivity contribution in [3.8, 4) is 0 Å². The molecule has 0 aliphatic carbocycles. The molecule has 19 heavy (non-hydrogen) atoms. The zero-order chi connectivity index (χ0) is 13.2. The Bertz CT molecular complexity index is 580. The van der Waals surface area contributed by atoms with E-state index in [0.29, 0.717) is 5.82 Å². The summed E-state index contributed by atoms with van der Waals surface area (Å²) in [5.41, 5.74) is 1.07. The summed E-state index contributed by atoms with van der Waals surface area (Å²) >= 11 is 0. The van der Waals surface area contributed by atoms with Crippen molar-refractivity contribution >= 4 is 5.91 Å². The number of aromatic nitrogens is 4. The van der Waals surface area contributed by atoms with Gasteiger partial charge in [-0.05, 0) is 31.4 Å². The summed E-state index contributed by atoms with van der Waals surface area (Å²) in [6, 6.07) is 3.99. The molecule has 0 spiro atoms. The van der Waals surface area contributed by atoms with Crippen LogP contribution in [0.2, 0.25) is 0 Å². The van der Waals surface area contributed by atoms with Crippen LogP contribution < -0.4 is 0 Å². The number of hydrogen-bond acceptors (Lipinski definition) is 4. The molecule has 0 bridgehead atoms. The predicted molar refractivity (Wildman–Crippen MR) is 68.4 cm³/mol. The average molecular weight is 257 g/mol. The van der Waals surface area contributed by atoms with Gasteiger partial charge in [-0.15, -0.1) is 5.10 Å². The second-order valence-electron chi connectivity index (χ2n) is 4.69. The molecule has 1 amide bonds. The van der Waals surface area contributed by atoms with Gasteiger partial charge in [0, 0.05) is 18.9 Å². The molecule has 0 saturated carbocycles. The van der Waals surface area contributed by atoms with Gasteiger partial charge in [0.05, 0.1) is 6.04 Å². The monoisotopic (exact) mass is 257 g/mol. The number of rotatable bonds is 2. The number of carbonyl (C=O) groups is 1. The van der Waals surface area contributed by atoms with Crippen molar-refractivity contribution in [3.05, 3.63) is 41.7 Å². The van der Waals surface area contributed by atoms with Crippen LogP contribution in [0.1, 0.15) is 40.9 Å². The van der Waals surface area contributed by atoms with Gasteiger partial charge >= 0.3 is 0 Å². The zero-order valence-corrected chi connectivity index (χ0v) is 10.7. The number of hydrogen-bond donors (Lipinski definition) is 1. The van der Waals surface area contributed by atoms with Gasteiger partial charge in [0.15, 0.2) is 0 Å². The Labute approximate surface area is 110 Å². The van der Waals surface area contributed by atoms with Crippen molar-refractivity contribution in [1.82, 2.24) is 25.1 Å². The fourth-order valence-corrected chi connectivity index (χ4v) is 2.50.